The van der Waals surface area contributed by atoms with Crippen LogP contribution >= 0.6 is 0 Å². The van der Waals surface area contributed by atoms with Gasteiger partial charge in [-0.2, -0.15) is 0 Å². The van der Waals surface area contributed by atoms with Crippen LogP contribution in [0.2, 0.25) is 0 Å². The maximum absolute atomic E-state index is 11.4. The van der Waals surface area contributed by atoms with Gasteiger partial charge in [0.05, 0.1) is 5.92 Å². The Hall–Kier alpha value is -1.32. The number of hydrogen-bond donors (Lipinski definition) is 1. The molecule has 1 aromatic heterocycles. The lowest BCUT2D eigenvalue weighted by Crippen LogP contribution is -2.31. The molecule has 0 radical (unpaired) electrons. The Kier molecular flexibility index (Phi) is 4.61. The van der Waals surface area contributed by atoms with E-state index in [1.807, 2.05) is 17.8 Å². The molecule has 1 heterocycles. The van der Waals surface area contributed by atoms with Gasteiger partial charge in [-0.15, -0.1) is 0 Å². The molecule has 3 unspecified atom stereocenters. The average Bonchev–Trinajstić information content (AvgIpc) is 2.81. The third-order valence-corrected chi connectivity index (χ3v) is 4.65. The fourth-order valence-corrected chi connectivity index (χ4v) is 3.33. The van der Waals surface area contributed by atoms with Gasteiger partial charge < -0.3 is 9.67 Å². The van der Waals surface area contributed by atoms with E-state index in [2.05, 4.69) is 11.9 Å². The van der Waals surface area contributed by atoms with Gasteiger partial charge in [-0.05, 0) is 37.5 Å². The quantitative estimate of drug-likeness (QED) is 0.889. The maximum atomic E-state index is 11.4. The van der Waals surface area contributed by atoms with E-state index >= 15 is 0 Å². The summed E-state index contributed by atoms with van der Waals surface area (Å²) in [5.41, 5.74) is 0. The van der Waals surface area contributed by atoms with Crippen LogP contribution < -0.4 is 0 Å². The molecule has 0 spiro atoms. The minimum absolute atomic E-state index is 0.150. The molecule has 2 rings (SSSR count). The van der Waals surface area contributed by atoms with E-state index < -0.39 is 5.97 Å². The van der Waals surface area contributed by atoms with Crippen LogP contribution in [0.3, 0.4) is 0 Å². The van der Waals surface area contributed by atoms with Gasteiger partial charge in [-0.25, -0.2) is 4.98 Å². The number of carbonyl (C=O) groups is 1. The molecule has 106 valence electrons. The van der Waals surface area contributed by atoms with Gasteiger partial charge in [0, 0.05) is 25.9 Å². The summed E-state index contributed by atoms with van der Waals surface area (Å²) in [4.78, 5) is 15.7. The number of aliphatic carboxylic acids is 1. The average molecular weight is 264 g/mol. The zero-order valence-electron chi connectivity index (χ0n) is 11.9. The van der Waals surface area contributed by atoms with E-state index in [1.165, 1.54) is 6.42 Å². The Morgan fingerprint density at radius 2 is 2.32 bits per heavy atom. The van der Waals surface area contributed by atoms with Crippen molar-refractivity contribution in [2.75, 3.05) is 0 Å². The molecule has 4 nitrogen and oxygen atoms in total. The molecule has 19 heavy (non-hydrogen) atoms. The molecule has 3 atom stereocenters. The van der Waals surface area contributed by atoms with Crippen molar-refractivity contribution in [1.82, 2.24) is 9.55 Å². The highest BCUT2D eigenvalue weighted by Crippen LogP contribution is 2.38. The van der Waals surface area contributed by atoms with Crippen LogP contribution in [-0.2, 0) is 18.3 Å². The molecular weight excluding hydrogens is 240 g/mol. The van der Waals surface area contributed by atoms with E-state index in [9.17, 15) is 9.90 Å². The topological polar surface area (TPSA) is 55.1 Å². The van der Waals surface area contributed by atoms with Gasteiger partial charge in [0.25, 0.3) is 0 Å². The number of aryl methyl sites for hydroxylation is 2. The molecule has 1 saturated carbocycles. The smallest absolute Gasteiger partial charge is 0.306 e. The summed E-state index contributed by atoms with van der Waals surface area (Å²) in [7, 11) is 1.99. The molecule has 1 aromatic rings. The van der Waals surface area contributed by atoms with Gasteiger partial charge in [0.1, 0.15) is 5.82 Å². The maximum Gasteiger partial charge on any atom is 0.306 e. The van der Waals surface area contributed by atoms with Crippen LogP contribution in [0.25, 0.3) is 0 Å². The van der Waals surface area contributed by atoms with Gasteiger partial charge in [0.15, 0.2) is 0 Å². The minimum atomic E-state index is -0.612. The third-order valence-electron chi connectivity index (χ3n) is 4.65. The summed E-state index contributed by atoms with van der Waals surface area (Å²) in [6.45, 7) is 2.21. The largest absolute Gasteiger partial charge is 0.481 e. The zero-order valence-corrected chi connectivity index (χ0v) is 11.9. The fraction of sp³-hybridized carbons (Fsp3) is 0.733. The van der Waals surface area contributed by atoms with E-state index in [-0.39, 0.29) is 5.92 Å². The number of aromatic nitrogens is 2. The molecule has 0 aliphatic heterocycles. The van der Waals surface area contributed by atoms with E-state index in [4.69, 9.17) is 0 Å². The Balaban J connectivity index is 1.97. The summed E-state index contributed by atoms with van der Waals surface area (Å²) in [6.07, 6.45) is 9.74. The van der Waals surface area contributed by atoms with Crippen LogP contribution in [-0.4, -0.2) is 20.6 Å². The van der Waals surface area contributed by atoms with Crippen molar-refractivity contribution < 1.29 is 9.90 Å². The molecule has 0 amide bonds. The summed E-state index contributed by atoms with van der Waals surface area (Å²) in [5.74, 6) is 1.32. The Morgan fingerprint density at radius 1 is 1.53 bits per heavy atom. The number of nitrogens with zero attached hydrogens (tertiary/aromatic N) is 2. The molecule has 0 aromatic carbocycles. The fourth-order valence-electron chi connectivity index (χ4n) is 3.33. The van der Waals surface area contributed by atoms with Gasteiger partial charge in [-0.3, -0.25) is 4.79 Å². The Labute approximate surface area is 114 Å². The van der Waals surface area contributed by atoms with Crippen molar-refractivity contribution >= 4 is 5.97 Å². The number of carboxylic acids is 1. The lowest BCUT2D eigenvalue weighted by molar-refractivity contribution is -0.145. The summed E-state index contributed by atoms with van der Waals surface area (Å²) < 4.78 is 2.02. The monoisotopic (exact) mass is 264 g/mol. The van der Waals surface area contributed by atoms with Crippen molar-refractivity contribution in [3.05, 3.63) is 18.2 Å². The molecular formula is C15H24N2O2. The predicted molar refractivity (Wildman–Crippen MR) is 73.8 cm³/mol. The van der Waals surface area contributed by atoms with E-state index in [0.29, 0.717) is 11.8 Å². The first kappa shape index (κ1) is 14.1. The highest BCUT2D eigenvalue weighted by atomic mass is 16.4. The lowest BCUT2D eigenvalue weighted by atomic mass is 9.71. The van der Waals surface area contributed by atoms with Crippen molar-refractivity contribution in [3.8, 4) is 0 Å². The van der Waals surface area contributed by atoms with E-state index in [1.54, 1.807) is 6.20 Å². The minimum Gasteiger partial charge on any atom is -0.481 e. The summed E-state index contributed by atoms with van der Waals surface area (Å²) in [5, 5.41) is 9.36. The number of carboxylic acid groups (broad SMARTS) is 1. The lowest BCUT2D eigenvalue weighted by Gasteiger charge is -2.33. The molecule has 0 saturated heterocycles. The normalized spacial score (nSPS) is 27.4. The summed E-state index contributed by atoms with van der Waals surface area (Å²) in [6, 6.07) is 0. The highest BCUT2D eigenvalue weighted by molar-refractivity contribution is 5.70. The first-order valence-electron chi connectivity index (χ1n) is 7.30. The standard InChI is InChI=1S/C15H24N2O2/c1-3-11-4-6-13(15(18)19)12(10-11)5-7-14-16-8-9-17(14)2/h8-9,11-13H,3-7,10H2,1-2H3,(H,18,19). The molecule has 1 aliphatic rings. The molecule has 0 bridgehead atoms. The zero-order chi connectivity index (χ0) is 13.8. The van der Waals surface area contributed by atoms with Crippen molar-refractivity contribution in [1.29, 1.82) is 0 Å². The third kappa shape index (κ3) is 3.37. The van der Waals surface area contributed by atoms with Crippen molar-refractivity contribution in [3.63, 3.8) is 0 Å². The predicted octanol–water partition coefficient (Wildman–Crippen LogP) is 2.88. The summed E-state index contributed by atoms with van der Waals surface area (Å²) >= 11 is 0. The second-order valence-electron chi connectivity index (χ2n) is 5.79. The second kappa shape index (κ2) is 6.22. The van der Waals surface area contributed by atoms with Crippen LogP contribution in [0.15, 0.2) is 12.4 Å². The number of imidazole rings is 1. The highest BCUT2D eigenvalue weighted by Gasteiger charge is 2.34. The Morgan fingerprint density at radius 3 is 2.89 bits per heavy atom. The first-order valence-corrected chi connectivity index (χ1v) is 7.30. The molecule has 1 N–H and O–H groups in total. The number of hydrogen-bond acceptors (Lipinski definition) is 2. The number of rotatable bonds is 5. The molecule has 1 aliphatic carbocycles. The van der Waals surface area contributed by atoms with Gasteiger partial charge in [0.2, 0.25) is 0 Å². The van der Waals surface area contributed by atoms with Crippen molar-refractivity contribution in [2.45, 2.75) is 45.4 Å². The molecule has 1 fully saturated rings. The van der Waals surface area contributed by atoms with Crippen LogP contribution in [0.4, 0.5) is 0 Å². The van der Waals surface area contributed by atoms with Gasteiger partial charge in [-0.1, -0.05) is 13.3 Å². The van der Waals surface area contributed by atoms with Crippen LogP contribution in [0.1, 0.15) is 44.9 Å². The SMILES string of the molecule is CCC1CCC(C(=O)O)C(CCc2nccn2C)C1. The molecule has 4 heteroatoms. The van der Waals surface area contributed by atoms with Crippen LogP contribution in [0, 0.1) is 17.8 Å². The van der Waals surface area contributed by atoms with E-state index in [0.717, 1.165) is 37.9 Å². The van der Waals surface area contributed by atoms with Crippen molar-refractivity contribution in [2.24, 2.45) is 24.8 Å². The Bertz CT molecular complexity index is 428. The first-order chi connectivity index (χ1) is 9.11. The second-order valence-corrected chi connectivity index (χ2v) is 5.79. The van der Waals surface area contributed by atoms with Gasteiger partial charge >= 0.3 is 5.97 Å². The van der Waals surface area contributed by atoms with Crippen LogP contribution in [0.5, 0.6) is 0 Å².